The van der Waals surface area contributed by atoms with Gasteiger partial charge in [0.1, 0.15) is 5.60 Å². The Kier molecular flexibility index (Phi) is 11.7. The summed E-state index contributed by atoms with van der Waals surface area (Å²) in [6.45, 7) is 13.3. The maximum atomic E-state index is 12.4. The zero-order valence-corrected chi connectivity index (χ0v) is 26.3. The van der Waals surface area contributed by atoms with E-state index in [0.29, 0.717) is 6.54 Å². The minimum absolute atomic E-state index is 0.0109. The Labute approximate surface area is 248 Å². The first-order valence-electron chi connectivity index (χ1n) is 14.6. The molecule has 2 amide bonds. The fourth-order valence-electron chi connectivity index (χ4n) is 5.56. The highest BCUT2D eigenvalue weighted by Gasteiger charge is 2.31. The molecule has 2 aliphatic rings. The Morgan fingerprint density at radius 1 is 0.900 bits per heavy atom. The van der Waals surface area contributed by atoms with Gasteiger partial charge in [0.05, 0.1) is 12.1 Å². The first-order chi connectivity index (χ1) is 19.0. The molecule has 0 bridgehead atoms. The maximum absolute atomic E-state index is 12.4. The van der Waals surface area contributed by atoms with Crippen LogP contribution in [-0.2, 0) is 4.74 Å². The largest absolute Gasteiger partial charge is 0.465 e. The van der Waals surface area contributed by atoms with Gasteiger partial charge in [0, 0.05) is 36.3 Å². The van der Waals surface area contributed by atoms with Crippen molar-refractivity contribution in [2.24, 2.45) is 0 Å². The predicted molar refractivity (Wildman–Crippen MR) is 165 cm³/mol. The van der Waals surface area contributed by atoms with Crippen molar-refractivity contribution < 1.29 is 19.4 Å². The molecule has 2 heterocycles. The summed E-state index contributed by atoms with van der Waals surface area (Å²) in [6.07, 6.45) is 5.18. The van der Waals surface area contributed by atoms with E-state index in [4.69, 9.17) is 4.74 Å². The summed E-state index contributed by atoms with van der Waals surface area (Å²) in [6, 6.07) is 16.7. The smallest absolute Gasteiger partial charge is 0.410 e. The van der Waals surface area contributed by atoms with Crippen LogP contribution in [0.15, 0.2) is 53.0 Å². The lowest BCUT2D eigenvalue weighted by Gasteiger charge is -2.37. The van der Waals surface area contributed by atoms with E-state index in [2.05, 4.69) is 65.0 Å². The summed E-state index contributed by atoms with van der Waals surface area (Å²) in [5.41, 5.74) is 3.03. The summed E-state index contributed by atoms with van der Waals surface area (Å²) in [5.74, 6) is 0. The summed E-state index contributed by atoms with van der Waals surface area (Å²) in [4.78, 5) is 29.5. The molecule has 2 aromatic carbocycles. The average molecular weight is 617 g/mol. The normalized spacial score (nSPS) is 19.4. The first kappa shape index (κ1) is 31.8. The highest BCUT2D eigenvalue weighted by atomic mass is 79.9. The number of carboxylic acid groups (broad SMARTS) is 1. The van der Waals surface area contributed by atoms with Crippen LogP contribution in [0.3, 0.4) is 0 Å². The van der Waals surface area contributed by atoms with Crippen molar-refractivity contribution in [1.82, 2.24) is 9.80 Å². The Bertz CT molecular complexity index is 1120. The second-order valence-corrected chi connectivity index (χ2v) is 12.4. The number of benzene rings is 2. The summed E-state index contributed by atoms with van der Waals surface area (Å²) >= 11 is 3.50. The molecule has 220 valence electrons. The molecule has 4 rings (SSSR count). The molecule has 0 radical (unpaired) electrons. The fourth-order valence-corrected chi connectivity index (χ4v) is 5.97. The molecular formula is C32H46BrN3O4. The Balaban J connectivity index is 0.000000220. The quantitative estimate of drug-likeness (QED) is 0.364. The van der Waals surface area contributed by atoms with E-state index in [1.165, 1.54) is 11.3 Å². The Morgan fingerprint density at radius 3 is 2.00 bits per heavy atom. The van der Waals surface area contributed by atoms with Crippen molar-refractivity contribution in [1.29, 1.82) is 0 Å². The second kappa shape index (κ2) is 14.8. The second-order valence-electron chi connectivity index (χ2n) is 11.5. The molecule has 2 atom stereocenters. The lowest BCUT2D eigenvalue weighted by molar-refractivity contribution is 0.00949. The molecule has 0 aliphatic carbocycles. The van der Waals surface area contributed by atoms with Crippen LogP contribution < -0.4 is 4.90 Å². The monoisotopic (exact) mass is 615 g/mol. The number of piperidine rings is 2. The number of carbonyl (C=O) groups excluding carboxylic acids is 1. The number of rotatable bonds is 5. The highest BCUT2D eigenvalue weighted by Crippen LogP contribution is 2.34. The molecule has 0 aromatic heterocycles. The number of amides is 2. The number of hydrogen-bond acceptors (Lipinski definition) is 4. The number of ether oxygens (including phenoxy) is 1. The van der Waals surface area contributed by atoms with Gasteiger partial charge in [-0.05, 0) is 109 Å². The highest BCUT2D eigenvalue weighted by molar-refractivity contribution is 9.10. The molecule has 2 saturated heterocycles. The molecule has 1 N–H and O–H groups in total. The van der Waals surface area contributed by atoms with Crippen molar-refractivity contribution in [3.63, 3.8) is 0 Å². The van der Waals surface area contributed by atoms with Crippen LogP contribution in [-0.4, -0.2) is 58.9 Å². The zero-order chi connectivity index (χ0) is 29.3. The number of anilines is 1. The topological polar surface area (TPSA) is 73.3 Å². The van der Waals surface area contributed by atoms with Crippen molar-refractivity contribution >= 4 is 33.8 Å². The van der Waals surface area contributed by atoms with E-state index in [1.54, 1.807) is 4.90 Å². The number of carbonyl (C=O) groups is 2. The van der Waals surface area contributed by atoms with Crippen LogP contribution in [0, 0.1) is 0 Å². The summed E-state index contributed by atoms with van der Waals surface area (Å²) in [7, 11) is 0. The number of nitrogens with zero attached hydrogens (tertiary/aromatic N) is 3. The molecule has 2 fully saturated rings. The van der Waals surface area contributed by atoms with Gasteiger partial charge in [-0.1, -0.05) is 40.2 Å². The molecular weight excluding hydrogens is 570 g/mol. The maximum Gasteiger partial charge on any atom is 0.410 e. The van der Waals surface area contributed by atoms with Gasteiger partial charge in [0.2, 0.25) is 0 Å². The van der Waals surface area contributed by atoms with Crippen molar-refractivity contribution in [2.45, 2.75) is 90.8 Å². The fraction of sp³-hybridized carbons (Fsp3) is 0.562. The van der Waals surface area contributed by atoms with E-state index < -0.39 is 11.7 Å². The third-order valence-electron chi connectivity index (χ3n) is 7.50. The number of hydrogen-bond donors (Lipinski definition) is 1. The van der Waals surface area contributed by atoms with Crippen LogP contribution >= 0.6 is 15.9 Å². The number of likely N-dealkylation sites (tertiary alicyclic amines) is 2. The molecule has 2 aliphatic heterocycles. The minimum Gasteiger partial charge on any atom is -0.465 e. The van der Waals surface area contributed by atoms with Gasteiger partial charge >= 0.3 is 12.2 Å². The molecule has 2 unspecified atom stereocenters. The van der Waals surface area contributed by atoms with Crippen LogP contribution in [0.5, 0.6) is 0 Å². The van der Waals surface area contributed by atoms with Crippen LogP contribution in [0.25, 0.3) is 0 Å². The lowest BCUT2D eigenvalue weighted by Crippen LogP contribution is -2.41. The van der Waals surface area contributed by atoms with Crippen molar-refractivity contribution in [3.05, 3.63) is 64.1 Å². The van der Waals surface area contributed by atoms with E-state index >= 15 is 0 Å². The Morgan fingerprint density at radius 2 is 1.45 bits per heavy atom. The van der Waals surface area contributed by atoms with Gasteiger partial charge < -0.3 is 24.5 Å². The van der Waals surface area contributed by atoms with Gasteiger partial charge in [0.25, 0.3) is 0 Å². The van der Waals surface area contributed by atoms with E-state index in [0.717, 1.165) is 68.2 Å². The van der Waals surface area contributed by atoms with Gasteiger partial charge in [-0.2, -0.15) is 0 Å². The van der Waals surface area contributed by atoms with Gasteiger partial charge in [0.15, 0.2) is 0 Å². The molecule has 40 heavy (non-hydrogen) atoms. The Hall–Kier alpha value is -2.74. The van der Waals surface area contributed by atoms with E-state index in [9.17, 15) is 14.7 Å². The van der Waals surface area contributed by atoms with Gasteiger partial charge in [-0.15, -0.1) is 0 Å². The molecule has 7 nitrogen and oxygen atoms in total. The van der Waals surface area contributed by atoms with Gasteiger partial charge in [-0.25, -0.2) is 9.59 Å². The third-order valence-corrected chi connectivity index (χ3v) is 7.99. The standard InChI is InChI=1S/C16H22BrNO2.C16H24N2O2/c1-16(2,3)20-15(19)18-10-5-4-9-14(18)12-7-6-8-13(17)11-12;1-3-17(4-2)14-9-7-8-13(12-14)15-10-5-6-11-18(15)16(19)20/h6-8,11,14H,4-5,9-10H2,1-3H3;7-9,12,15H,3-6,10-11H2,1-2H3,(H,19,20). The van der Waals surface area contributed by atoms with Crippen molar-refractivity contribution in [3.8, 4) is 0 Å². The number of halogens is 1. The van der Waals surface area contributed by atoms with Crippen LogP contribution in [0.4, 0.5) is 15.3 Å². The lowest BCUT2D eigenvalue weighted by atomic mass is 9.95. The zero-order valence-electron chi connectivity index (χ0n) is 24.7. The third kappa shape index (κ3) is 8.88. The molecule has 2 aromatic rings. The summed E-state index contributed by atoms with van der Waals surface area (Å²) in [5, 5.41) is 9.36. The first-order valence-corrected chi connectivity index (χ1v) is 15.4. The molecule has 0 spiro atoms. The minimum atomic E-state index is -0.803. The van der Waals surface area contributed by atoms with Crippen LogP contribution in [0.2, 0.25) is 0 Å². The predicted octanol–water partition coefficient (Wildman–Crippen LogP) is 8.65. The average Bonchev–Trinajstić information content (AvgIpc) is 2.93. The molecule has 8 heteroatoms. The SMILES string of the molecule is CC(C)(C)OC(=O)N1CCCCC1c1cccc(Br)c1.CCN(CC)c1cccc(C2CCCCN2C(=O)O)c1. The molecule has 0 saturated carbocycles. The van der Waals surface area contributed by atoms with E-state index in [1.807, 2.05) is 43.9 Å². The van der Waals surface area contributed by atoms with Crippen LogP contribution in [0.1, 0.15) is 96.4 Å². The van der Waals surface area contributed by atoms with Gasteiger partial charge in [-0.3, -0.25) is 0 Å². The van der Waals surface area contributed by atoms with Crippen molar-refractivity contribution in [2.75, 3.05) is 31.1 Å². The summed E-state index contributed by atoms with van der Waals surface area (Å²) < 4.78 is 6.58. The van der Waals surface area contributed by atoms with E-state index in [-0.39, 0.29) is 18.2 Å².